The van der Waals surface area contributed by atoms with Crippen molar-refractivity contribution in [2.75, 3.05) is 31.5 Å². The van der Waals surface area contributed by atoms with E-state index in [0.29, 0.717) is 17.9 Å². The van der Waals surface area contributed by atoms with Crippen LogP contribution in [-0.2, 0) is 9.53 Å². The van der Waals surface area contributed by atoms with Crippen molar-refractivity contribution in [1.82, 2.24) is 24.7 Å². The highest BCUT2D eigenvalue weighted by Gasteiger charge is 2.24. The van der Waals surface area contributed by atoms with Crippen molar-refractivity contribution in [3.05, 3.63) is 83.9 Å². The quantitative estimate of drug-likeness (QED) is 0.253. The van der Waals surface area contributed by atoms with E-state index in [0.717, 1.165) is 45.4 Å². The number of anilines is 1. The number of fused-ring (bicyclic) bond motifs is 1. The highest BCUT2D eigenvalue weighted by molar-refractivity contribution is 5.46. The zero-order valence-corrected chi connectivity index (χ0v) is 20.1. The second kappa shape index (κ2) is 11.7. The van der Waals surface area contributed by atoms with Gasteiger partial charge in [0.2, 0.25) is 0 Å². The van der Waals surface area contributed by atoms with E-state index < -0.39 is 0 Å². The molecular weight excluding hydrogens is 456 g/mol. The number of ether oxygens (including phenoxy) is 2. The summed E-state index contributed by atoms with van der Waals surface area (Å²) in [5, 5.41) is 11.7. The number of likely N-dealkylation sites (tertiary alicyclic amines) is 1. The summed E-state index contributed by atoms with van der Waals surface area (Å²) < 4.78 is 12.7. The average Bonchev–Trinajstić information content (AvgIpc) is 3.33. The molecule has 2 aromatic carbocycles. The lowest BCUT2D eigenvalue weighted by Crippen LogP contribution is -2.38. The largest absolute Gasteiger partial charge is 0.392 e. The van der Waals surface area contributed by atoms with Crippen molar-refractivity contribution < 1.29 is 14.3 Å². The van der Waals surface area contributed by atoms with Gasteiger partial charge in [0.15, 0.2) is 5.65 Å². The molecule has 9 heteroatoms. The fourth-order valence-corrected chi connectivity index (χ4v) is 4.54. The standard InChI is InChI=1S/C27H30N6O3/c34-20-35-27-29-25-13-12-24(30-33(25)31-27)28-16-7-17-32-18-14-23(15-19-32)36-26(21-8-3-1-4-9-21)22-10-5-2-6-11-22/h1-6,8-13,20,23,26H,7,14-19H2,(H,28,30). The number of carbonyl (C=O) groups is 1. The molecular formula is C27H30N6O3. The number of rotatable bonds is 11. The molecule has 0 spiro atoms. The summed E-state index contributed by atoms with van der Waals surface area (Å²) in [5.41, 5.74) is 2.91. The number of carbonyl (C=O) groups excluding carboxylic acids is 1. The molecule has 0 bridgehead atoms. The van der Waals surface area contributed by atoms with Gasteiger partial charge in [0.25, 0.3) is 0 Å². The van der Waals surface area contributed by atoms with Gasteiger partial charge < -0.3 is 19.7 Å². The fourth-order valence-electron chi connectivity index (χ4n) is 4.54. The molecule has 0 unspecified atom stereocenters. The van der Waals surface area contributed by atoms with E-state index in [1.54, 1.807) is 6.07 Å². The molecule has 1 saturated heterocycles. The Morgan fingerprint density at radius 2 is 1.64 bits per heavy atom. The molecule has 1 fully saturated rings. The minimum atomic E-state index is -0.0379. The van der Waals surface area contributed by atoms with Crippen LogP contribution in [0.3, 0.4) is 0 Å². The van der Waals surface area contributed by atoms with E-state index in [-0.39, 0.29) is 18.2 Å². The molecule has 0 saturated carbocycles. The lowest BCUT2D eigenvalue weighted by Gasteiger charge is -2.34. The van der Waals surface area contributed by atoms with E-state index in [2.05, 4.69) is 78.7 Å². The molecule has 3 heterocycles. The second-order valence-corrected chi connectivity index (χ2v) is 8.83. The predicted octanol–water partition coefficient (Wildman–Crippen LogP) is 3.73. The molecule has 186 valence electrons. The molecule has 1 N–H and O–H groups in total. The average molecular weight is 487 g/mol. The van der Waals surface area contributed by atoms with E-state index in [4.69, 9.17) is 4.74 Å². The summed E-state index contributed by atoms with van der Waals surface area (Å²) in [6.45, 7) is 4.18. The van der Waals surface area contributed by atoms with E-state index in [1.165, 1.54) is 15.8 Å². The molecule has 2 aromatic heterocycles. The fraction of sp³-hybridized carbons (Fsp3) is 0.333. The number of nitrogens with one attached hydrogen (secondary N) is 1. The first-order chi connectivity index (χ1) is 17.8. The first-order valence-corrected chi connectivity index (χ1v) is 12.3. The summed E-state index contributed by atoms with van der Waals surface area (Å²) in [7, 11) is 0. The van der Waals surface area contributed by atoms with Crippen LogP contribution in [0.5, 0.6) is 6.01 Å². The first kappa shape index (κ1) is 23.9. The van der Waals surface area contributed by atoms with Crippen LogP contribution in [0.4, 0.5) is 5.82 Å². The van der Waals surface area contributed by atoms with E-state index >= 15 is 0 Å². The summed E-state index contributed by atoms with van der Waals surface area (Å²) in [5.74, 6) is 0.699. The summed E-state index contributed by atoms with van der Waals surface area (Å²) in [4.78, 5) is 17.0. The van der Waals surface area contributed by atoms with Crippen LogP contribution < -0.4 is 10.1 Å². The minimum absolute atomic E-state index is 0.0131. The summed E-state index contributed by atoms with van der Waals surface area (Å²) in [6.07, 6.45) is 3.26. The Morgan fingerprint density at radius 1 is 0.944 bits per heavy atom. The zero-order valence-electron chi connectivity index (χ0n) is 20.1. The van der Waals surface area contributed by atoms with Gasteiger partial charge in [0.05, 0.1) is 6.10 Å². The van der Waals surface area contributed by atoms with Crippen molar-refractivity contribution >= 4 is 17.9 Å². The zero-order chi connectivity index (χ0) is 24.6. The van der Waals surface area contributed by atoms with Crippen LogP contribution in [0.25, 0.3) is 5.65 Å². The van der Waals surface area contributed by atoms with Crippen LogP contribution in [0.1, 0.15) is 36.5 Å². The van der Waals surface area contributed by atoms with Crippen LogP contribution in [-0.4, -0.2) is 63.5 Å². The molecule has 5 rings (SSSR count). The van der Waals surface area contributed by atoms with Crippen LogP contribution in [0.2, 0.25) is 0 Å². The van der Waals surface area contributed by atoms with Crippen molar-refractivity contribution in [3.63, 3.8) is 0 Å². The van der Waals surface area contributed by atoms with Crippen LogP contribution >= 0.6 is 0 Å². The Kier molecular flexibility index (Phi) is 7.80. The summed E-state index contributed by atoms with van der Waals surface area (Å²) in [6, 6.07) is 24.6. The van der Waals surface area contributed by atoms with Gasteiger partial charge in [-0.25, -0.2) is 0 Å². The van der Waals surface area contributed by atoms with Crippen molar-refractivity contribution in [2.24, 2.45) is 0 Å². The van der Waals surface area contributed by atoms with Gasteiger partial charge in [0.1, 0.15) is 11.9 Å². The maximum Gasteiger partial charge on any atom is 0.345 e. The Hall–Kier alpha value is -3.82. The third-order valence-corrected chi connectivity index (χ3v) is 6.37. The predicted molar refractivity (Wildman–Crippen MR) is 136 cm³/mol. The molecule has 1 aliphatic heterocycles. The second-order valence-electron chi connectivity index (χ2n) is 8.83. The molecule has 9 nitrogen and oxygen atoms in total. The third kappa shape index (κ3) is 6.05. The van der Waals surface area contributed by atoms with Gasteiger partial charge in [-0.1, -0.05) is 65.8 Å². The number of benzene rings is 2. The topological polar surface area (TPSA) is 93.9 Å². The lowest BCUT2D eigenvalue weighted by molar-refractivity contribution is -0.121. The molecule has 1 aliphatic rings. The third-order valence-electron chi connectivity index (χ3n) is 6.37. The van der Waals surface area contributed by atoms with Gasteiger partial charge >= 0.3 is 12.5 Å². The molecule has 36 heavy (non-hydrogen) atoms. The Labute approximate surface area is 210 Å². The Bertz CT molecular complexity index is 1200. The lowest BCUT2D eigenvalue weighted by atomic mass is 10.00. The monoisotopic (exact) mass is 486 g/mol. The highest BCUT2D eigenvalue weighted by atomic mass is 16.5. The number of nitrogens with zero attached hydrogens (tertiary/aromatic N) is 5. The van der Waals surface area contributed by atoms with Crippen LogP contribution in [0, 0.1) is 0 Å². The smallest absolute Gasteiger partial charge is 0.345 e. The van der Waals surface area contributed by atoms with Gasteiger partial charge in [-0.3, -0.25) is 4.79 Å². The van der Waals surface area contributed by atoms with E-state index in [1.807, 2.05) is 18.2 Å². The van der Waals surface area contributed by atoms with Crippen molar-refractivity contribution in [2.45, 2.75) is 31.5 Å². The molecule has 0 aliphatic carbocycles. The normalized spacial score (nSPS) is 14.8. The van der Waals surface area contributed by atoms with Gasteiger partial charge in [-0.05, 0) is 49.1 Å². The number of aromatic nitrogens is 4. The van der Waals surface area contributed by atoms with Crippen molar-refractivity contribution in [1.29, 1.82) is 0 Å². The first-order valence-electron chi connectivity index (χ1n) is 12.3. The van der Waals surface area contributed by atoms with E-state index in [9.17, 15) is 4.79 Å². The van der Waals surface area contributed by atoms with Gasteiger partial charge in [-0.15, -0.1) is 9.73 Å². The molecule has 0 radical (unpaired) electrons. The SMILES string of the molecule is O=COc1nc2ccc(NCCCN3CCC(OC(c4ccccc4)c4ccccc4)CC3)nn2n1. The highest BCUT2D eigenvalue weighted by Crippen LogP contribution is 2.30. The Balaban J connectivity index is 1.07. The maximum atomic E-state index is 10.5. The number of hydrogen-bond donors (Lipinski definition) is 1. The molecule has 4 aromatic rings. The maximum absolute atomic E-state index is 10.5. The van der Waals surface area contributed by atoms with Crippen LogP contribution in [0.15, 0.2) is 72.8 Å². The number of piperidine rings is 1. The van der Waals surface area contributed by atoms with Gasteiger partial charge in [-0.2, -0.15) is 4.98 Å². The molecule has 0 amide bonds. The Morgan fingerprint density at radius 3 is 2.31 bits per heavy atom. The summed E-state index contributed by atoms with van der Waals surface area (Å²) >= 11 is 0. The van der Waals surface area contributed by atoms with Crippen molar-refractivity contribution in [3.8, 4) is 6.01 Å². The number of hydrogen-bond acceptors (Lipinski definition) is 8. The molecule has 0 atom stereocenters. The van der Waals surface area contributed by atoms with Gasteiger partial charge in [0, 0.05) is 19.6 Å². The minimum Gasteiger partial charge on any atom is -0.392 e.